The lowest BCUT2D eigenvalue weighted by atomic mass is 9.74. The summed E-state index contributed by atoms with van der Waals surface area (Å²) in [6.07, 6.45) is 1.06. The molecule has 0 aliphatic rings. The molecule has 0 aliphatic carbocycles. The fourth-order valence-corrected chi connectivity index (χ4v) is 2.19. The van der Waals surface area contributed by atoms with Crippen molar-refractivity contribution in [2.24, 2.45) is 11.3 Å². The van der Waals surface area contributed by atoms with Gasteiger partial charge in [0.2, 0.25) is 0 Å². The van der Waals surface area contributed by atoms with Gasteiger partial charge in [0.15, 0.2) is 0 Å². The van der Waals surface area contributed by atoms with E-state index in [2.05, 4.69) is 65.1 Å². The van der Waals surface area contributed by atoms with Crippen molar-refractivity contribution in [3.63, 3.8) is 0 Å². The summed E-state index contributed by atoms with van der Waals surface area (Å²) in [6.45, 7) is 14.7. The Balaban J connectivity index is 2.85. The zero-order valence-corrected chi connectivity index (χ0v) is 14.2. The molecule has 0 heterocycles. The van der Waals surface area contributed by atoms with Crippen LogP contribution in [0.15, 0.2) is 24.3 Å². The van der Waals surface area contributed by atoms with E-state index in [4.69, 9.17) is 4.74 Å². The average molecular weight is 277 g/mol. The van der Waals surface area contributed by atoms with Crippen LogP contribution in [0, 0.1) is 11.3 Å². The molecule has 2 heteroatoms. The van der Waals surface area contributed by atoms with Crippen LogP contribution in [0.5, 0.6) is 5.75 Å². The molecule has 0 amide bonds. The third-order valence-corrected chi connectivity index (χ3v) is 4.16. The zero-order chi connectivity index (χ0) is 15.4. The van der Waals surface area contributed by atoms with Crippen molar-refractivity contribution in [3.05, 3.63) is 29.8 Å². The fraction of sp³-hybridized carbons (Fsp3) is 0.667. The minimum absolute atomic E-state index is 0.157. The van der Waals surface area contributed by atoms with Crippen molar-refractivity contribution in [1.29, 1.82) is 0 Å². The van der Waals surface area contributed by atoms with Gasteiger partial charge in [-0.3, -0.25) is 0 Å². The van der Waals surface area contributed by atoms with Crippen LogP contribution in [0.25, 0.3) is 0 Å². The number of ether oxygens (including phenoxy) is 1. The Morgan fingerprint density at radius 1 is 1.15 bits per heavy atom. The maximum absolute atomic E-state index is 5.33. The van der Waals surface area contributed by atoms with E-state index in [0.717, 1.165) is 18.7 Å². The zero-order valence-electron chi connectivity index (χ0n) is 14.2. The van der Waals surface area contributed by atoms with Crippen molar-refractivity contribution in [2.45, 2.75) is 53.5 Å². The van der Waals surface area contributed by atoms with Gasteiger partial charge < -0.3 is 10.1 Å². The number of nitrogens with one attached hydrogen (secondary N) is 1. The first-order chi connectivity index (χ1) is 9.16. The molecule has 1 aromatic carbocycles. The maximum Gasteiger partial charge on any atom is 0.119 e. The standard InChI is InChI=1S/C18H31NO/c1-14(2)18(6,13-19-17(3,4)5)12-15-9-8-10-16(11-15)20-7/h8-11,14,19H,12-13H2,1-7H3. The Bertz CT molecular complexity index is 420. The lowest BCUT2D eigenvalue weighted by molar-refractivity contribution is 0.187. The number of hydrogen-bond donors (Lipinski definition) is 1. The van der Waals surface area contributed by atoms with Crippen LogP contribution in [0.4, 0.5) is 0 Å². The summed E-state index contributed by atoms with van der Waals surface area (Å²) in [5.41, 5.74) is 1.74. The normalized spacial score (nSPS) is 15.2. The molecule has 0 spiro atoms. The predicted octanol–water partition coefficient (Wildman–Crippen LogP) is 4.29. The molecule has 0 saturated heterocycles. The minimum Gasteiger partial charge on any atom is -0.497 e. The van der Waals surface area contributed by atoms with E-state index >= 15 is 0 Å². The molecule has 2 nitrogen and oxygen atoms in total. The van der Waals surface area contributed by atoms with Gasteiger partial charge in [0, 0.05) is 12.1 Å². The highest BCUT2D eigenvalue weighted by atomic mass is 16.5. The van der Waals surface area contributed by atoms with Gasteiger partial charge in [-0.05, 0) is 56.2 Å². The van der Waals surface area contributed by atoms with Crippen LogP contribution in [-0.4, -0.2) is 19.2 Å². The van der Waals surface area contributed by atoms with Gasteiger partial charge in [-0.25, -0.2) is 0 Å². The first-order valence-corrected chi connectivity index (χ1v) is 7.54. The van der Waals surface area contributed by atoms with Crippen LogP contribution in [0.2, 0.25) is 0 Å². The molecule has 0 fully saturated rings. The largest absolute Gasteiger partial charge is 0.497 e. The molecule has 1 unspecified atom stereocenters. The lowest BCUT2D eigenvalue weighted by Crippen LogP contribution is -2.45. The van der Waals surface area contributed by atoms with E-state index in [1.165, 1.54) is 5.56 Å². The quantitative estimate of drug-likeness (QED) is 0.837. The fourth-order valence-electron chi connectivity index (χ4n) is 2.19. The highest BCUT2D eigenvalue weighted by molar-refractivity contribution is 5.29. The minimum atomic E-state index is 0.157. The molecule has 0 aromatic heterocycles. The SMILES string of the molecule is COc1cccc(CC(C)(CNC(C)(C)C)C(C)C)c1. The second kappa shape index (κ2) is 6.62. The highest BCUT2D eigenvalue weighted by Crippen LogP contribution is 2.32. The predicted molar refractivity (Wildman–Crippen MR) is 87.4 cm³/mol. The van der Waals surface area contributed by atoms with E-state index in [9.17, 15) is 0 Å². The van der Waals surface area contributed by atoms with Gasteiger partial charge in [0.25, 0.3) is 0 Å². The molecule has 0 bridgehead atoms. The highest BCUT2D eigenvalue weighted by Gasteiger charge is 2.30. The molecule has 1 atom stereocenters. The monoisotopic (exact) mass is 277 g/mol. The Morgan fingerprint density at radius 2 is 1.80 bits per heavy atom. The molecule has 1 rings (SSSR count). The van der Waals surface area contributed by atoms with E-state index < -0.39 is 0 Å². The Labute approximate surface area is 124 Å². The number of methoxy groups -OCH3 is 1. The molecule has 114 valence electrons. The second-order valence-electron chi connectivity index (χ2n) is 7.44. The van der Waals surface area contributed by atoms with E-state index in [0.29, 0.717) is 5.92 Å². The summed E-state index contributed by atoms with van der Waals surface area (Å²) in [6, 6.07) is 8.42. The van der Waals surface area contributed by atoms with Gasteiger partial charge >= 0.3 is 0 Å². The Kier molecular flexibility index (Phi) is 5.64. The van der Waals surface area contributed by atoms with Crippen molar-refractivity contribution >= 4 is 0 Å². The van der Waals surface area contributed by atoms with Gasteiger partial charge in [0.05, 0.1) is 7.11 Å². The van der Waals surface area contributed by atoms with Crippen LogP contribution in [0.1, 0.15) is 47.1 Å². The summed E-state index contributed by atoms with van der Waals surface area (Å²) in [5.74, 6) is 1.56. The molecule has 0 aliphatic heterocycles. The van der Waals surface area contributed by atoms with Crippen LogP contribution in [0.3, 0.4) is 0 Å². The molecular formula is C18H31NO. The molecule has 1 aromatic rings. The number of rotatable bonds is 6. The lowest BCUT2D eigenvalue weighted by Gasteiger charge is -2.37. The molecule has 20 heavy (non-hydrogen) atoms. The average Bonchev–Trinajstić information content (AvgIpc) is 2.35. The van der Waals surface area contributed by atoms with Crippen LogP contribution >= 0.6 is 0 Å². The summed E-state index contributed by atoms with van der Waals surface area (Å²) >= 11 is 0. The summed E-state index contributed by atoms with van der Waals surface area (Å²) < 4.78 is 5.33. The summed E-state index contributed by atoms with van der Waals surface area (Å²) in [7, 11) is 1.72. The van der Waals surface area contributed by atoms with Crippen molar-refractivity contribution in [3.8, 4) is 5.75 Å². The van der Waals surface area contributed by atoms with E-state index in [1.54, 1.807) is 7.11 Å². The third-order valence-electron chi connectivity index (χ3n) is 4.16. The van der Waals surface area contributed by atoms with Gasteiger partial charge in [-0.1, -0.05) is 32.9 Å². The van der Waals surface area contributed by atoms with Gasteiger partial charge in [0.1, 0.15) is 5.75 Å². The topological polar surface area (TPSA) is 21.3 Å². The molecular weight excluding hydrogens is 246 g/mol. The van der Waals surface area contributed by atoms with Crippen molar-refractivity contribution < 1.29 is 4.74 Å². The second-order valence-corrected chi connectivity index (χ2v) is 7.44. The number of benzene rings is 1. The first-order valence-electron chi connectivity index (χ1n) is 7.54. The number of hydrogen-bond acceptors (Lipinski definition) is 2. The Morgan fingerprint density at radius 3 is 2.30 bits per heavy atom. The summed E-state index contributed by atoms with van der Waals surface area (Å²) in [4.78, 5) is 0. The summed E-state index contributed by atoms with van der Waals surface area (Å²) in [5, 5.41) is 3.66. The molecule has 1 N–H and O–H groups in total. The maximum atomic E-state index is 5.33. The van der Waals surface area contributed by atoms with E-state index in [1.807, 2.05) is 6.07 Å². The molecule has 0 saturated carbocycles. The third kappa shape index (κ3) is 5.16. The van der Waals surface area contributed by atoms with Crippen molar-refractivity contribution in [2.75, 3.05) is 13.7 Å². The molecule has 0 radical (unpaired) electrons. The van der Waals surface area contributed by atoms with Crippen LogP contribution in [-0.2, 0) is 6.42 Å². The van der Waals surface area contributed by atoms with Crippen molar-refractivity contribution in [1.82, 2.24) is 5.32 Å². The van der Waals surface area contributed by atoms with Gasteiger partial charge in [-0.2, -0.15) is 0 Å². The Hall–Kier alpha value is -1.02. The first kappa shape index (κ1) is 17.0. The van der Waals surface area contributed by atoms with Gasteiger partial charge in [-0.15, -0.1) is 0 Å². The smallest absolute Gasteiger partial charge is 0.119 e. The van der Waals surface area contributed by atoms with E-state index in [-0.39, 0.29) is 11.0 Å². The van der Waals surface area contributed by atoms with Crippen LogP contribution < -0.4 is 10.1 Å².